The number of Topliss-reactive ketones (excluding diaryl/α,β-unsaturated/α-hetero) is 1. The van der Waals surface area contributed by atoms with Crippen LogP contribution in [0.2, 0.25) is 0 Å². The molecule has 8 heteroatoms. The number of ether oxygens (including phenoxy) is 3. The van der Waals surface area contributed by atoms with Gasteiger partial charge < -0.3 is 24.8 Å². The van der Waals surface area contributed by atoms with Gasteiger partial charge in [-0.15, -0.1) is 0 Å². The maximum atomic E-state index is 11.5. The molecule has 168 valence electrons. The van der Waals surface area contributed by atoms with Crippen molar-refractivity contribution in [2.75, 3.05) is 52.7 Å². The van der Waals surface area contributed by atoms with E-state index in [0.717, 1.165) is 0 Å². The van der Waals surface area contributed by atoms with Gasteiger partial charge in [-0.05, 0) is 6.92 Å². The fourth-order valence-electron chi connectivity index (χ4n) is 1.55. The third-order valence-corrected chi connectivity index (χ3v) is 2.94. The third-order valence-electron chi connectivity index (χ3n) is 2.94. The number of hydrogen-bond acceptors (Lipinski definition) is 6. The summed E-state index contributed by atoms with van der Waals surface area (Å²) in [6.45, 7) is 15.6. The quantitative estimate of drug-likeness (QED) is 0.403. The van der Waals surface area contributed by atoms with Gasteiger partial charge in [-0.2, -0.15) is 0 Å². The molecule has 0 saturated heterocycles. The molecule has 0 bridgehead atoms. The normalized spacial score (nSPS) is 9.57. The number of carbonyl (C=O) groups is 3. The Morgan fingerprint density at radius 3 is 1.68 bits per heavy atom. The summed E-state index contributed by atoms with van der Waals surface area (Å²) in [5.41, 5.74) is 0. The van der Waals surface area contributed by atoms with Crippen LogP contribution >= 0.6 is 0 Å². The van der Waals surface area contributed by atoms with Crippen molar-refractivity contribution in [1.29, 1.82) is 0 Å². The van der Waals surface area contributed by atoms with E-state index in [2.05, 4.69) is 10.6 Å². The lowest BCUT2D eigenvalue weighted by Crippen LogP contribution is -2.33. The summed E-state index contributed by atoms with van der Waals surface area (Å²) in [6.07, 6.45) is 0.393. The van der Waals surface area contributed by atoms with Crippen molar-refractivity contribution < 1.29 is 28.6 Å². The summed E-state index contributed by atoms with van der Waals surface area (Å²) in [5, 5.41) is 5.25. The smallest absolute Gasteiger partial charge is 0.246 e. The second-order valence-electron chi connectivity index (χ2n) is 5.37. The van der Waals surface area contributed by atoms with Crippen LogP contribution in [0.4, 0.5) is 0 Å². The maximum absolute atomic E-state index is 11.5. The van der Waals surface area contributed by atoms with Crippen LogP contribution in [0.15, 0.2) is 0 Å². The van der Waals surface area contributed by atoms with Crippen LogP contribution in [-0.2, 0) is 28.6 Å². The molecule has 0 aliphatic rings. The van der Waals surface area contributed by atoms with E-state index in [0.29, 0.717) is 39.3 Å². The van der Waals surface area contributed by atoms with Crippen molar-refractivity contribution in [3.8, 4) is 0 Å². The molecule has 0 aliphatic carbocycles. The molecule has 0 fully saturated rings. The summed E-state index contributed by atoms with van der Waals surface area (Å²) >= 11 is 0. The van der Waals surface area contributed by atoms with Crippen LogP contribution < -0.4 is 10.6 Å². The molecule has 2 amide bonds. The summed E-state index contributed by atoms with van der Waals surface area (Å²) in [7, 11) is 0. The lowest BCUT2D eigenvalue weighted by molar-refractivity contribution is -0.127. The topological polar surface area (TPSA) is 103 Å². The molecule has 0 radical (unpaired) electrons. The average Bonchev–Trinajstić information content (AvgIpc) is 2.71. The minimum atomic E-state index is -0.252. The first-order valence-electron chi connectivity index (χ1n) is 10.3. The number of nitrogens with one attached hydrogen (secondary N) is 2. The third kappa shape index (κ3) is 24.5. The number of ketones is 1. The van der Waals surface area contributed by atoms with Crippen molar-refractivity contribution in [1.82, 2.24) is 10.6 Å². The van der Waals surface area contributed by atoms with Gasteiger partial charge in [-0.1, -0.05) is 41.5 Å². The molecular formula is C20H42N2O6. The molecule has 0 aromatic heterocycles. The maximum Gasteiger partial charge on any atom is 0.246 e. The zero-order valence-corrected chi connectivity index (χ0v) is 18.9. The highest BCUT2D eigenvalue weighted by Crippen LogP contribution is 1.98. The summed E-state index contributed by atoms with van der Waals surface area (Å²) in [4.78, 5) is 34.0. The summed E-state index contributed by atoms with van der Waals surface area (Å²) in [6, 6.07) is 0. The molecular weight excluding hydrogens is 364 g/mol. The van der Waals surface area contributed by atoms with Crippen molar-refractivity contribution >= 4 is 17.6 Å². The fourth-order valence-corrected chi connectivity index (χ4v) is 1.55. The number of carbonyl (C=O) groups excluding carboxylic acids is 3. The molecule has 8 nitrogen and oxygen atoms in total. The van der Waals surface area contributed by atoms with Gasteiger partial charge >= 0.3 is 0 Å². The Hall–Kier alpha value is -1.51. The van der Waals surface area contributed by atoms with Gasteiger partial charge in [0.2, 0.25) is 11.8 Å². The van der Waals surface area contributed by atoms with Gasteiger partial charge in [-0.25, -0.2) is 0 Å². The van der Waals surface area contributed by atoms with Crippen LogP contribution in [0.1, 0.15) is 54.9 Å². The fraction of sp³-hybridized carbons (Fsp3) is 0.850. The minimum absolute atomic E-state index is 0.0226. The van der Waals surface area contributed by atoms with E-state index in [1.54, 1.807) is 0 Å². The van der Waals surface area contributed by atoms with Crippen LogP contribution in [0.5, 0.6) is 0 Å². The molecule has 0 atom stereocenters. The summed E-state index contributed by atoms with van der Waals surface area (Å²) < 4.78 is 15.3. The summed E-state index contributed by atoms with van der Waals surface area (Å²) in [5.74, 6) is -0.273. The van der Waals surface area contributed by atoms with Crippen LogP contribution in [-0.4, -0.2) is 70.3 Å². The first-order chi connectivity index (χ1) is 13.5. The zero-order chi connectivity index (χ0) is 22.2. The van der Waals surface area contributed by atoms with E-state index < -0.39 is 0 Å². The standard InChI is InChI=1S/C16H30N2O6.2C2H6/c1-4-22-11-15(20)18-7-10-24-12-16(21)17-6-9-23-8-5-14(19)13(2)3;2*1-2/h13H,4-12H2,1-3H3,(H,17,21)(H,18,20);2*1-2H3. The van der Waals surface area contributed by atoms with Crippen molar-refractivity contribution in [3.05, 3.63) is 0 Å². The first kappa shape index (κ1) is 31.2. The first-order valence-corrected chi connectivity index (χ1v) is 10.3. The van der Waals surface area contributed by atoms with Gasteiger partial charge in [-0.3, -0.25) is 14.4 Å². The van der Waals surface area contributed by atoms with Crippen molar-refractivity contribution in [3.63, 3.8) is 0 Å². The Balaban J connectivity index is -0.00000146. The van der Waals surface area contributed by atoms with E-state index in [1.165, 1.54) is 0 Å². The van der Waals surface area contributed by atoms with E-state index in [-0.39, 0.29) is 43.3 Å². The highest BCUT2D eigenvalue weighted by molar-refractivity contribution is 5.80. The minimum Gasteiger partial charge on any atom is -0.379 e. The predicted octanol–water partition coefficient (Wildman–Crippen LogP) is 1.96. The Morgan fingerprint density at radius 2 is 1.21 bits per heavy atom. The molecule has 0 saturated carbocycles. The lowest BCUT2D eigenvalue weighted by atomic mass is 10.1. The number of rotatable bonds is 15. The number of amides is 2. The van der Waals surface area contributed by atoms with E-state index >= 15 is 0 Å². The molecule has 2 N–H and O–H groups in total. The Morgan fingerprint density at radius 1 is 0.750 bits per heavy atom. The van der Waals surface area contributed by atoms with Crippen molar-refractivity contribution in [2.45, 2.75) is 54.9 Å². The molecule has 0 spiro atoms. The molecule has 0 aliphatic heterocycles. The van der Waals surface area contributed by atoms with Crippen LogP contribution in [0.3, 0.4) is 0 Å². The van der Waals surface area contributed by atoms with Crippen LogP contribution in [0.25, 0.3) is 0 Å². The van der Waals surface area contributed by atoms with Gasteiger partial charge in [0, 0.05) is 32.0 Å². The lowest BCUT2D eigenvalue weighted by Gasteiger charge is -2.08. The second-order valence-corrected chi connectivity index (χ2v) is 5.37. The van der Waals surface area contributed by atoms with Gasteiger partial charge in [0.1, 0.15) is 19.0 Å². The van der Waals surface area contributed by atoms with Gasteiger partial charge in [0.15, 0.2) is 0 Å². The highest BCUT2D eigenvalue weighted by Gasteiger charge is 2.06. The largest absolute Gasteiger partial charge is 0.379 e. The number of hydrogen-bond donors (Lipinski definition) is 2. The molecule has 0 heterocycles. The van der Waals surface area contributed by atoms with E-state index in [4.69, 9.17) is 14.2 Å². The SMILES string of the molecule is CC.CC.CCOCC(=O)NCCOCC(=O)NCCOCCC(=O)C(C)C. The van der Waals surface area contributed by atoms with Crippen molar-refractivity contribution in [2.24, 2.45) is 5.92 Å². The van der Waals surface area contributed by atoms with E-state index in [1.807, 2.05) is 48.5 Å². The second kappa shape index (κ2) is 25.5. The molecule has 0 aromatic carbocycles. The molecule has 0 rings (SSSR count). The molecule has 0 aromatic rings. The van der Waals surface area contributed by atoms with Gasteiger partial charge in [0.05, 0.1) is 19.8 Å². The van der Waals surface area contributed by atoms with Gasteiger partial charge in [0.25, 0.3) is 0 Å². The predicted molar refractivity (Wildman–Crippen MR) is 111 cm³/mol. The van der Waals surface area contributed by atoms with E-state index in [9.17, 15) is 14.4 Å². The Bertz CT molecular complexity index is 376. The molecule has 28 heavy (non-hydrogen) atoms. The monoisotopic (exact) mass is 406 g/mol. The Kier molecular flexibility index (Phi) is 28.4. The Labute approximate surface area is 171 Å². The average molecular weight is 407 g/mol. The van der Waals surface area contributed by atoms with Crippen LogP contribution in [0, 0.1) is 5.92 Å². The molecule has 0 unspecified atom stereocenters. The zero-order valence-electron chi connectivity index (χ0n) is 18.9. The highest BCUT2D eigenvalue weighted by atomic mass is 16.5.